The highest BCUT2D eigenvalue weighted by Gasteiger charge is 2.30. The van der Waals surface area contributed by atoms with Crippen molar-refractivity contribution in [1.82, 2.24) is 25.6 Å². The number of benzene rings is 1. The fraction of sp³-hybridized carbons (Fsp3) is 0.500. The van der Waals surface area contributed by atoms with Crippen molar-refractivity contribution < 1.29 is 18.0 Å². The summed E-state index contributed by atoms with van der Waals surface area (Å²) in [7, 11) is 0. The van der Waals surface area contributed by atoms with Crippen molar-refractivity contribution in [2.45, 2.75) is 44.4 Å². The highest BCUT2D eigenvalue weighted by atomic mass is 19.4. The summed E-state index contributed by atoms with van der Waals surface area (Å²) in [4.78, 5) is 12.3. The third-order valence-corrected chi connectivity index (χ3v) is 4.63. The van der Waals surface area contributed by atoms with Crippen LogP contribution in [0.5, 0.6) is 0 Å². The fourth-order valence-electron chi connectivity index (χ4n) is 3.16. The Labute approximate surface area is 155 Å². The number of hydrogen-bond donors (Lipinski definition) is 2. The minimum Gasteiger partial charge on any atom is -0.348 e. The molecule has 1 aromatic carbocycles. The quantitative estimate of drug-likeness (QED) is 0.835. The van der Waals surface area contributed by atoms with E-state index >= 15 is 0 Å². The highest BCUT2D eigenvalue weighted by molar-refractivity contribution is 5.92. The van der Waals surface area contributed by atoms with Crippen LogP contribution in [0.25, 0.3) is 0 Å². The summed E-state index contributed by atoms with van der Waals surface area (Å²) in [5.41, 5.74) is 0.277. The highest BCUT2D eigenvalue weighted by Crippen LogP contribution is 2.29. The van der Waals surface area contributed by atoms with Gasteiger partial charge in [-0.15, -0.1) is 5.10 Å². The zero-order valence-corrected chi connectivity index (χ0v) is 15.0. The zero-order chi connectivity index (χ0) is 19.4. The van der Waals surface area contributed by atoms with Crippen molar-refractivity contribution in [3.8, 4) is 0 Å². The first-order valence-corrected chi connectivity index (χ1v) is 8.92. The van der Waals surface area contributed by atoms with Crippen LogP contribution in [0.1, 0.15) is 47.4 Å². The molecule has 2 heterocycles. The molecule has 27 heavy (non-hydrogen) atoms. The summed E-state index contributed by atoms with van der Waals surface area (Å²) >= 11 is 0. The second-order valence-corrected chi connectivity index (χ2v) is 6.84. The number of nitrogens with one attached hydrogen (secondary N) is 2. The number of amides is 1. The van der Waals surface area contributed by atoms with E-state index in [1.165, 1.54) is 12.1 Å². The van der Waals surface area contributed by atoms with Crippen molar-refractivity contribution in [2.75, 3.05) is 13.1 Å². The molecule has 2 N–H and O–H groups in total. The number of aromatic nitrogens is 3. The van der Waals surface area contributed by atoms with Crippen LogP contribution in [0.2, 0.25) is 0 Å². The summed E-state index contributed by atoms with van der Waals surface area (Å²) in [6.45, 7) is 3.62. The van der Waals surface area contributed by atoms with Crippen LogP contribution in [0.3, 0.4) is 0 Å². The van der Waals surface area contributed by atoms with E-state index in [4.69, 9.17) is 0 Å². The minimum absolute atomic E-state index is 0.241. The molecular weight excluding hydrogens is 359 g/mol. The van der Waals surface area contributed by atoms with Gasteiger partial charge < -0.3 is 10.6 Å². The third kappa shape index (κ3) is 5.06. The van der Waals surface area contributed by atoms with Gasteiger partial charge in [-0.05, 0) is 57.0 Å². The number of halogens is 3. The topological polar surface area (TPSA) is 71.8 Å². The standard InChI is InChI=1S/C18H22F3N5O/c1-12(10-13-2-4-14(5-3-13)18(19,20)21)23-17(27)16-11-26(25-24-16)15-6-8-22-9-7-15/h2-5,11-12,15,22H,6-10H2,1H3,(H,23,27). The number of piperidine rings is 1. The van der Waals surface area contributed by atoms with E-state index in [0.29, 0.717) is 12.0 Å². The van der Waals surface area contributed by atoms with Crippen molar-refractivity contribution in [3.63, 3.8) is 0 Å². The Balaban J connectivity index is 1.55. The van der Waals surface area contributed by atoms with E-state index in [0.717, 1.165) is 38.1 Å². The molecule has 146 valence electrons. The number of carbonyl (C=O) groups is 1. The SMILES string of the molecule is CC(Cc1ccc(C(F)(F)F)cc1)NC(=O)c1cn(C2CCNCC2)nn1. The van der Waals surface area contributed by atoms with Crippen molar-refractivity contribution in [2.24, 2.45) is 0 Å². The molecule has 3 rings (SSSR count). The second-order valence-electron chi connectivity index (χ2n) is 6.84. The molecule has 1 amide bonds. The summed E-state index contributed by atoms with van der Waals surface area (Å²) in [6, 6.07) is 4.95. The molecule has 2 aromatic rings. The van der Waals surface area contributed by atoms with Crippen LogP contribution in [0.4, 0.5) is 13.2 Å². The lowest BCUT2D eigenvalue weighted by Crippen LogP contribution is -2.34. The average molecular weight is 381 g/mol. The molecule has 0 aliphatic carbocycles. The number of alkyl halides is 3. The predicted molar refractivity (Wildman–Crippen MR) is 93.2 cm³/mol. The third-order valence-electron chi connectivity index (χ3n) is 4.63. The first kappa shape index (κ1) is 19.3. The van der Waals surface area contributed by atoms with E-state index < -0.39 is 11.7 Å². The summed E-state index contributed by atoms with van der Waals surface area (Å²) in [5, 5.41) is 14.1. The van der Waals surface area contributed by atoms with E-state index in [2.05, 4.69) is 20.9 Å². The van der Waals surface area contributed by atoms with Crippen LogP contribution >= 0.6 is 0 Å². The lowest BCUT2D eigenvalue weighted by Gasteiger charge is -2.22. The maximum atomic E-state index is 12.6. The van der Waals surface area contributed by atoms with Crippen LogP contribution in [0.15, 0.2) is 30.5 Å². The molecular formula is C18H22F3N5O. The Morgan fingerprint density at radius 3 is 2.59 bits per heavy atom. The van der Waals surface area contributed by atoms with E-state index in [-0.39, 0.29) is 23.7 Å². The zero-order valence-electron chi connectivity index (χ0n) is 15.0. The van der Waals surface area contributed by atoms with Crippen molar-refractivity contribution in [3.05, 3.63) is 47.3 Å². The smallest absolute Gasteiger partial charge is 0.348 e. The molecule has 1 atom stereocenters. The first-order chi connectivity index (χ1) is 12.8. The van der Waals surface area contributed by atoms with E-state index in [9.17, 15) is 18.0 Å². The molecule has 1 aromatic heterocycles. The number of rotatable bonds is 5. The molecule has 1 fully saturated rings. The van der Waals surface area contributed by atoms with Gasteiger partial charge in [-0.1, -0.05) is 17.3 Å². The number of carbonyl (C=O) groups excluding carboxylic acids is 1. The van der Waals surface area contributed by atoms with Gasteiger partial charge in [-0.3, -0.25) is 4.79 Å². The van der Waals surface area contributed by atoms with Gasteiger partial charge in [0, 0.05) is 6.04 Å². The Bertz CT molecular complexity index is 766. The van der Waals surface area contributed by atoms with Crippen LogP contribution in [0, 0.1) is 0 Å². The Hall–Kier alpha value is -2.42. The van der Waals surface area contributed by atoms with Gasteiger partial charge in [0.1, 0.15) is 0 Å². The average Bonchev–Trinajstić information content (AvgIpc) is 3.12. The predicted octanol–water partition coefficient (Wildman–Crippen LogP) is 2.58. The van der Waals surface area contributed by atoms with Crippen molar-refractivity contribution >= 4 is 5.91 Å². The molecule has 1 saturated heterocycles. The Morgan fingerprint density at radius 1 is 1.30 bits per heavy atom. The molecule has 0 saturated carbocycles. The molecule has 0 spiro atoms. The molecule has 1 aliphatic heterocycles. The summed E-state index contributed by atoms with van der Waals surface area (Å²) < 4.78 is 39.5. The van der Waals surface area contributed by atoms with Crippen molar-refractivity contribution in [1.29, 1.82) is 0 Å². The van der Waals surface area contributed by atoms with E-state index in [1.807, 2.05) is 0 Å². The van der Waals surface area contributed by atoms with Gasteiger partial charge in [-0.2, -0.15) is 13.2 Å². The minimum atomic E-state index is -4.35. The Morgan fingerprint density at radius 2 is 1.96 bits per heavy atom. The molecule has 0 bridgehead atoms. The number of hydrogen-bond acceptors (Lipinski definition) is 4. The summed E-state index contributed by atoms with van der Waals surface area (Å²) in [6.07, 6.45) is -0.398. The molecule has 9 heteroatoms. The van der Waals surface area contributed by atoms with Crippen LogP contribution in [-0.4, -0.2) is 40.0 Å². The largest absolute Gasteiger partial charge is 0.416 e. The Kier molecular flexibility index (Phi) is 5.79. The normalized spacial score (nSPS) is 16.9. The fourth-order valence-corrected chi connectivity index (χ4v) is 3.16. The maximum Gasteiger partial charge on any atom is 0.416 e. The molecule has 6 nitrogen and oxygen atoms in total. The second kappa shape index (κ2) is 8.08. The molecule has 1 unspecified atom stereocenters. The lowest BCUT2D eigenvalue weighted by atomic mass is 10.0. The maximum absolute atomic E-state index is 12.6. The van der Waals surface area contributed by atoms with Gasteiger partial charge in [0.05, 0.1) is 17.8 Å². The lowest BCUT2D eigenvalue weighted by molar-refractivity contribution is -0.137. The van der Waals surface area contributed by atoms with Gasteiger partial charge in [0.25, 0.3) is 5.91 Å². The van der Waals surface area contributed by atoms with E-state index in [1.54, 1.807) is 17.8 Å². The van der Waals surface area contributed by atoms with Gasteiger partial charge in [0.15, 0.2) is 5.69 Å². The monoisotopic (exact) mass is 381 g/mol. The van der Waals surface area contributed by atoms with Gasteiger partial charge in [-0.25, -0.2) is 4.68 Å². The van der Waals surface area contributed by atoms with Gasteiger partial charge >= 0.3 is 6.18 Å². The van der Waals surface area contributed by atoms with Crippen LogP contribution in [-0.2, 0) is 12.6 Å². The number of nitrogens with zero attached hydrogens (tertiary/aromatic N) is 3. The van der Waals surface area contributed by atoms with Crippen LogP contribution < -0.4 is 10.6 Å². The first-order valence-electron chi connectivity index (χ1n) is 8.92. The summed E-state index contributed by atoms with van der Waals surface area (Å²) in [5.74, 6) is -0.338. The molecule has 1 aliphatic rings. The molecule has 0 radical (unpaired) electrons. The van der Waals surface area contributed by atoms with Gasteiger partial charge in [0.2, 0.25) is 0 Å².